The smallest absolute Gasteiger partial charge is 0.119 e. The standard InChI is InChI=1S/C21H29NO/c1-16(2)15-23-20-12-10-19(11-13-20)22-14-17-6-8-18(9-7-17)21(3,4)5/h6-13,16,22H,14-15H2,1-5H3. The molecule has 0 radical (unpaired) electrons. The van der Waals surface area contributed by atoms with Crippen LogP contribution in [0.15, 0.2) is 48.5 Å². The summed E-state index contributed by atoms with van der Waals surface area (Å²) < 4.78 is 5.70. The lowest BCUT2D eigenvalue weighted by atomic mass is 9.87. The monoisotopic (exact) mass is 311 g/mol. The summed E-state index contributed by atoms with van der Waals surface area (Å²) in [5.74, 6) is 1.47. The number of anilines is 1. The molecule has 2 nitrogen and oxygen atoms in total. The Morgan fingerprint density at radius 2 is 1.52 bits per heavy atom. The highest BCUT2D eigenvalue weighted by Gasteiger charge is 2.12. The maximum Gasteiger partial charge on any atom is 0.119 e. The van der Waals surface area contributed by atoms with Gasteiger partial charge in [0.05, 0.1) is 6.61 Å². The molecule has 2 heteroatoms. The number of nitrogens with one attached hydrogen (secondary N) is 1. The molecule has 0 heterocycles. The van der Waals surface area contributed by atoms with Crippen molar-refractivity contribution in [2.75, 3.05) is 11.9 Å². The molecule has 0 atom stereocenters. The van der Waals surface area contributed by atoms with Crippen molar-refractivity contribution < 1.29 is 4.74 Å². The lowest BCUT2D eigenvalue weighted by Crippen LogP contribution is -2.11. The summed E-state index contributed by atoms with van der Waals surface area (Å²) in [7, 11) is 0. The van der Waals surface area contributed by atoms with Crippen molar-refractivity contribution in [1.29, 1.82) is 0 Å². The number of ether oxygens (including phenoxy) is 1. The van der Waals surface area contributed by atoms with E-state index in [4.69, 9.17) is 4.74 Å². The highest BCUT2D eigenvalue weighted by molar-refractivity contribution is 5.47. The quantitative estimate of drug-likeness (QED) is 0.746. The van der Waals surface area contributed by atoms with Crippen molar-refractivity contribution in [1.82, 2.24) is 0 Å². The molecule has 23 heavy (non-hydrogen) atoms. The topological polar surface area (TPSA) is 21.3 Å². The molecule has 0 amide bonds. The van der Waals surface area contributed by atoms with Crippen LogP contribution in [-0.4, -0.2) is 6.61 Å². The highest BCUT2D eigenvalue weighted by atomic mass is 16.5. The van der Waals surface area contributed by atoms with E-state index < -0.39 is 0 Å². The number of benzene rings is 2. The van der Waals surface area contributed by atoms with Crippen molar-refractivity contribution in [3.63, 3.8) is 0 Å². The predicted molar refractivity (Wildman–Crippen MR) is 99.2 cm³/mol. The van der Waals surface area contributed by atoms with E-state index in [2.05, 4.69) is 76.3 Å². The molecule has 1 N–H and O–H groups in total. The minimum Gasteiger partial charge on any atom is -0.493 e. The van der Waals surface area contributed by atoms with E-state index in [9.17, 15) is 0 Å². The summed E-state index contributed by atoms with van der Waals surface area (Å²) >= 11 is 0. The van der Waals surface area contributed by atoms with Crippen LogP contribution in [0.1, 0.15) is 45.7 Å². The zero-order chi connectivity index (χ0) is 16.9. The van der Waals surface area contributed by atoms with Gasteiger partial charge >= 0.3 is 0 Å². The molecule has 0 bridgehead atoms. The van der Waals surface area contributed by atoms with Gasteiger partial charge in [0.1, 0.15) is 5.75 Å². The van der Waals surface area contributed by atoms with Gasteiger partial charge in [0.2, 0.25) is 0 Å². The van der Waals surface area contributed by atoms with Gasteiger partial charge in [-0.25, -0.2) is 0 Å². The van der Waals surface area contributed by atoms with Crippen LogP contribution >= 0.6 is 0 Å². The first-order chi connectivity index (χ1) is 10.8. The van der Waals surface area contributed by atoms with Crippen LogP contribution in [0.2, 0.25) is 0 Å². The zero-order valence-corrected chi connectivity index (χ0v) is 15.0. The molecule has 0 aliphatic rings. The Labute approximate surface area is 140 Å². The molecule has 0 aliphatic heterocycles. The molecule has 124 valence electrons. The van der Waals surface area contributed by atoms with E-state index in [0.29, 0.717) is 5.92 Å². The SMILES string of the molecule is CC(C)COc1ccc(NCc2ccc(C(C)(C)C)cc2)cc1. The number of hydrogen-bond acceptors (Lipinski definition) is 2. The van der Waals surface area contributed by atoms with Gasteiger partial charge in [-0.2, -0.15) is 0 Å². The summed E-state index contributed by atoms with van der Waals surface area (Å²) in [5, 5.41) is 3.46. The molecule has 0 fully saturated rings. The number of rotatable bonds is 6. The van der Waals surface area contributed by atoms with Crippen LogP contribution in [-0.2, 0) is 12.0 Å². The van der Waals surface area contributed by atoms with Crippen LogP contribution in [0.5, 0.6) is 5.75 Å². The average molecular weight is 311 g/mol. The van der Waals surface area contributed by atoms with Crippen molar-refractivity contribution in [2.45, 2.75) is 46.6 Å². The first-order valence-electron chi connectivity index (χ1n) is 8.41. The Kier molecular flexibility index (Phi) is 5.70. The predicted octanol–water partition coefficient (Wildman–Crippen LogP) is 5.63. The van der Waals surface area contributed by atoms with Gasteiger partial charge in [-0.15, -0.1) is 0 Å². The largest absolute Gasteiger partial charge is 0.493 e. The maximum absolute atomic E-state index is 5.70. The van der Waals surface area contributed by atoms with Crippen LogP contribution < -0.4 is 10.1 Å². The second kappa shape index (κ2) is 7.54. The minimum atomic E-state index is 0.206. The van der Waals surface area contributed by atoms with Gasteiger partial charge in [0.15, 0.2) is 0 Å². The molecule has 0 saturated heterocycles. The first kappa shape index (κ1) is 17.4. The normalized spacial score (nSPS) is 11.6. The summed E-state index contributed by atoms with van der Waals surface area (Å²) in [6, 6.07) is 17.0. The lowest BCUT2D eigenvalue weighted by Gasteiger charge is -2.19. The van der Waals surface area contributed by atoms with Gasteiger partial charge in [0, 0.05) is 12.2 Å². The highest BCUT2D eigenvalue weighted by Crippen LogP contribution is 2.22. The fourth-order valence-corrected chi connectivity index (χ4v) is 2.26. The third-order valence-corrected chi connectivity index (χ3v) is 3.75. The van der Waals surface area contributed by atoms with Crippen LogP contribution in [0.25, 0.3) is 0 Å². The van der Waals surface area contributed by atoms with E-state index in [1.807, 2.05) is 12.1 Å². The fourth-order valence-electron chi connectivity index (χ4n) is 2.26. The van der Waals surface area contributed by atoms with Crippen molar-refractivity contribution in [3.8, 4) is 5.75 Å². The van der Waals surface area contributed by atoms with E-state index in [0.717, 1.165) is 24.6 Å². The Morgan fingerprint density at radius 1 is 0.913 bits per heavy atom. The molecule has 2 aromatic carbocycles. The minimum absolute atomic E-state index is 0.206. The Balaban J connectivity index is 1.88. The maximum atomic E-state index is 5.70. The van der Waals surface area contributed by atoms with Gasteiger partial charge in [-0.3, -0.25) is 0 Å². The lowest BCUT2D eigenvalue weighted by molar-refractivity contribution is 0.271. The fraction of sp³-hybridized carbons (Fsp3) is 0.429. The molecule has 0 saturated carbocycles. The molecule has 0 aliphatic carbocycles. The van der Waals surface area contributed by atoms with Gasteiger partial charge in [-0.05, 0) is 46.7 Å². The van der Waals surface area contributed by atoms with E-state index >= 15 is 0 Å². The van der Waals surface area contributed by atoms with Crippen LogP contribution in [0.3, 0.4) is 0 Å². The Morgan fingerprint density at radius 3 is 2.04 bits per heavy atom. The van der Waals surface area contributed by atoms with Crippen molar-refractivity contribution in [2.24, 2.45) is 5.92 Å². The second-order valence-corrected chi connectivity index (χ2v) is 7.53. The van der Waals surface area contributed by atoms with Crippen molar-refractivity contribution in [3.05, 3.63) is 59.7 Å². The van der Waals surface area contributed by atoms with Crippen LogP contribution in [0, 0.1) is 5.92 Å². The molecular formula is C21H29NO. The third kappa shape index (κ3) is 5.63. The average Bonchev–Trinajstić information content (AvgIpc) is 2.51. The molecule has 0 unspecified atom stereocenters. The number of hydrogen-bond donors (Lipinski definition) is 1. The Bertz CT molecular complexity index is 591. The molecule has 0 spiro atoms. The zero-order valence-electron chi connectivity index (χ0n) is 15.0. The van der Waals surface area contributed by atoms with E-state index in [-0.39, 0.29) is 5.41 Å². The van der Waals surface area contributed by atoms with E-state index in [1.54, 1.807) is 0 Å². The van der Waals surface area contributed by atoms with Gasteiger partial charge in [-0.1, -0.05) is 58.9 Å². The molecular weight excluding hydrogens is 282 g/mol. The second-order valence-electron chi connectivity index (χ2n) is 7.53. The van der Waals surface area contributed by atoms with Gasteiger partial charge < -0.3 is 10.1 Å². The van der Waals surface area contributed by atoms with Crippen LogP contribution in [0.4, 0.5) is 5.69 Å². The molecule has 2 aromatic rings. The van der Waals surface area contributed by atoms with Gasteiger partial charge in [0.25, 0.3) is 0 Å². The molecule has 0 aromatic heterocycles. The van der Waals surface area contributed by atoms with E-state index in [1.165, 1.54) is 11.1 Å². The summed E-state index contributed by atoms with van der Waals surface area (Å²) in [6.07, 6.45) is 0. The summed E-state index contributed by atoms with van der Waals surface area (Å²) in [6.45, 7) is 12.6. The first-order valence-corrected chi connectivity index (χ1v) is 8.41. The third-order valence-electron chi connectivity index (χ3n) is 3.75. The van der Waals surface area contributed by atoms with Crippen molar-refractivity contribution >= 4 is 5.69 Å². The Hall–Kier alpha value is -1.96. The summed E-state index contributed by atoms with van der Waals surface area (Å²) in [5.41, 5.74) is 3.98. The summed E-state index contributed by atoms with van der Waals surface area (Å²) in [4.78, 5) is 0. The molecule has 2 rings (SSSR count).